The number of carbonyl (C=O) groups excluding carboxylic acids is 2. The van der Waals surface area contributed by atoms with Crippen molar-refractivity contribution >= 4 is 18.0 Å². The Bertz CT molecular complexity index is 931. The summed E-state index contributed by atoms with van der Waals surface area (Å²) in [6.45, 7) is 6.97. The van der Waals surface area contributed by atoms with Crippen molar-refractivity contribution in [3.63, 3.8) is 0 Å². The maximum Gasteiger partial charge on any atom is 0.349 e. The zero-order chi connectivity index (χ0) is 20.7. The lowest BCUT2D eigenvalue weighted by molar-refractivity contribution is -0.139. The van der Waals surface area contributed by atoms with Gasteiger partial charge in [-0.05, 0) is 55.7 Å². The quantitative estimate of drug-likeness (QED) is 0.413. The summed E-state index contributed by atoms with van der Waals surface area (Å²) in [6, 6.07) is 10.4. The van der Waals surface area contributed by atoms with Gasteiger partial charge in [-0.3, -0.25) is 0 Å². The molecular formula is C22H24N2O4. The molecule has 1 aromatic heterocycles. The molecule has 0 unspecified atom stereocenters. The fourth-order valence-corrected chi connectivity index (χ4v) is 2.92. The van der Waals surface area contributed by atoms with Crippen LogP contribution in [0.2, 0.25) is 0 Å². The summed E-state index contributed by atoms with van der Waals surface area (Å²) < 4.78 is 12.1. The number of nitriles is 1. The molecular weight excluding hydrogens is 356 g/mol. The van der Waals surface area contributed by atoms with Crippen LogP contribution in [0.5, 0.6) is 0 Å². The second-order valence-electron chi connectivity index (χ2n) is 6.41. The Morgan fingerprint density at radius 2 is 1.89 bits per heavy atom. The minimum Gasteiger partial charge on any atom is -0.465 e. The third-order valence-electron chi connectivity index (χ3n) is 4.45. The number of aryl methyl sites for hydroxylation is 1. The Hall–Kier alpha value is -3.33. The largest absolute Gasteiger partial charge is 0.465 e. The van der Waals surface area contributed by atoms with Crippen molar-refractivity contribution < 1.29 is 19.1 Å². The number of benzene rings is 1. The fourth-order valence-electron chi connectivity index (χ4n) is 2.92. The Morgan fingerprint density at radius 1 is 1.21 bits per heavy atom. The Kier molecular flexibility index (Phi) is 7.16. The van der Waals surface area contributed by atoms with Gasteiger partial charge < -0.3 is 14.0 Å². The van der Waals surface area contributed by atoms with Crippen LogP contribution in [0, 0.1) is 25.2 Å². The van der Waals surface area contributed by atoms with E-state index in [1.54, 1.807) is 30.3 Å². The molecule has 28 heavy (non-hydrogen) atoms. The van der Waals surface area contributed by atoms with Gasteiger partial charge in [0.05, 0.1) is 12.7 Å². The van der Waals surface area contributed by atoms with Crippen LogP contribution in [0.4, 0.5) is 0 Å². The first-order valence-corrected chi connectivity index (χ1v) is 9.04. The van der Waals surface area contributed by atoms with Crippen LogP contribution < -0.4 is 0 Å². The molecule has 0 saturated carbocycles. The predicted molar refractivity (Wildman–Crippen MR) is 105 cm³/mol. The molecule has 6 nitrogen and oxygen atoms in total. The van der Waals surface area contributed by atoms with Crippen LogP contribution in [-0.2, 0) is 27.4 Å². The van der Waals surface area contributed by atoms with Gasteiger partial charge in [-0.2, -0.15) is 5.26 Å². The lowest BCUT2D eigenvalue weighted by Gasteiger charge is -2.07. The van der Waals surface area contributed by atoms with Crippen LogP contribution in [0.3, 0.4) is 0 Å². The second-order valence-corrected chi connectivity index (χ2v) is 6.41. The molecule has 146 valence electrons. The van der Waals surface area contributed by atoms with E-state index in [2.05, 4.69) is 16.2 Å². The summed E-state index contributed by atoms with van der Waals surface area (Å²) in [5.74, 6) is -1.11. The van der Waals surface area contributed by atoms with Gasteiger partial charge in [0.25, 0.3) is 0 Å². The summed E-state index contributed by atoms with van der Waals surface area (Å²) in [4.78, 5) is 23.7. The maximum absolute atomic E-state index is 12.3. The number of methoxy groups -OCH3 is 1. The first-order chi connectivity index (χ1) is 13.4. The summed E-state index contributed by atoms with van der Waals surface area (Å²) >= 11 is 0. The lowest BCUT2D eigenvalue weighted by atomic mass is 10.1. The molecule has 6 heteroatoms. The van der Waals surface area contributed by atoms with Crippen LogP contribution >= 0.6 is 0 Å². The normalized spacial score (nSPS) is 11.0. The van der Waals surface area contributed by atoms with Crippen molar-refractivity contribution in [2.75, 3.05) is 7.11 Å². The molecule has 0 radical (unpaired) electrons. The van der Waals surface area contributed by atoms with E-state index in [-0.39, 0.29) is 12.2 Å². The molecule has 2 aromatic rings. The summed E-state index contributed by atoms with van der Waals surface area (Å²) in [5.41, 5.74) is 4.00. The lowest BCUT2D eigenvalue weighted by Crippen LogP contribution is -2.07. The van der Waals surface area contributed by atoms with Gasteiger partial charge in [-0.25, -0.2) is 9.59 Å². The van der Waals surface area contributed by atoms with Gasteiger partial charge in [0.15, 0.2) is 0 Å². The first-order valence-electron chi connectivity index (χ1n) is 9.04. The molecule has 0 aliphatic heterocycles. The van der Waals surface area contributed by atoms with Gasteiger partial charge >= 0.3 is 11.9 Å². The van der Waals surface area contributed by atoms with Gasteiger partial charge in [0.1, 0.15) is 18.2 Å². The van der Waals surface area contributed by atoms with Crippen LogP contribution in [0.25, 0.3) is 6.08 Å². The zero-order valence-electron chi connectivity index (χ0n) is 16.6. The molecule has 0 saturated heterocycles. The first kappa shape index (κ1) is 21.0. The summed E-state index contributed by atoms with van der Waals surface area (Å²) in [7, 11) is 1.31. The Balaban J connectivity index is 2.10. The number of aromatic nitrogens is 1. The summed E-state index contributed by atoms with van der Waals surface area (Å²) in [5, 5.41) is 9.37. The average Bonchev–Trinajstić information content (AvgIpc) is 2.97. The summed E-state index contributed by atoms with van der Waals surface area (Å²) in [6.07, 6.45) is 2.57. The Labute approximate surface area is 165 Å². The van der Waals surface area contributed by atoms with Crippen LogP contribution in [-0.4, -0.2) is 23.6 Å². The molecule has 1 heterocycles. The number of rotatable bonds is 7. The molecule has 0 amide bonds. The SMILES string of the molecule is CCCn1c(C)cc(/C=C(\C#N)C(=O)OCc2ccc(C(=O)OC)cc2)c1C. The topological polar surface area (TPSA) is 81.3 Å². The zero-order valence-corrected chi connectivity index (χ0v) is 16.6. The molecule has 0 atom stereocenters. The highest BCUT2D eigenvalue weighted by molar-refractivity contribution is 5.98. The number of hydrogen-bond donors (Lipinski definition) is 0. The van der Waals surface area contributed by atoms with E-state index < -0.39 is 11.9 Å². The number of nitrogens with zero attached hydrogens (tertiary/aromatic N) is 2. The number of hydrogen-bond acceptors (Lipinski definition) is 5. The average molecular weight is 380 g/mol. The van der Waals surface area contributed by atoms with E-state index in [1.165, 1.54) is 7.11 Å². The van der Waals surface area contributed by atoms with Crippen LogP contribution in [0.15, 0.2) is 35.9 Å². The van der Waals surface area contributed by atoms with Crippen molar-refractivity contribution in [1.82, 2.24) is 4.57 Å². The van der Waals surface area contributed by atoms with E-state index in [0.717, 1.165) is 29.9 Å². The molecule has 0 aliphatic rings. The van der Waals surface area contributed by atoms with Gasteiger partial charge in [0, 0.05) is 17.9 Å². The van der Waals surface area contributed by atoms with Crippen LogP contribution in [0.1, 0.15) is 46.2 Å². The van der Waals surface area contributed by atoms with E-state index in [1.807, 2.05) is 26.0 Å². The van der Waals surface area contributed by atoms with Crippen molar-refractivity contribution in [3.8, 4) is 6.07 Å². The smallest absolute Gasteiger partial charge is 0.349 e. The standard InChI is InChI=1S/C22H24N2O4/c1-5-10-24-15(2)11-19(16(24)3)12-20(13-23)22(26)28-14-17-6-8-18(9-7-17)21(25)27-4/h6-9,11-12H,5,10,14H2,1-4H3/b20-12+. The molecule has 1 aromatic carbocycles. The number of ether oxygens (including phenoxy) is 2. The highest BCUT2D eigenvalue weighted by atomic mass is 16.5. The second kappa shape index (κ2) is 9.56. The third-order valence-corrected chi connectivity index (χ3v) is 4.45. The molecule has 2 rings (SSSR count). The van der Waals surface area contributed by atoms with Gasteiger partial charge in [-0.15, -0.1) is 0 Å². The van der Waals surface area contributed by atoms with Crippen molar-refractivity contribution in [1.29, 1.82) is 5.26 Å². The van der Waals surface area contributed by atoms with E-state index in [0.29, 0.717) is 11.1 Å². The van der Waals surface area contributed by atoms with E-state index >= 15 is 0 Å². The predicted octanol–water partition coefficient (Wildman–Crippen LogP) is 3.95. The molecule has 0 spiro atoms. The monoisotopic (exact) mass is 380 g/mol. The van der Waals surface area contributed by atoms with E-state index in [9.17, 15) is 14.9 Å². The number of carbonyl (C=O) groups is 2. The fraction of sp³-hybridized carbons (Fsp3) is 0.318. The number of esters is 2. The van der Waals surface area contributed by atoms with Gasteiger partial charge in [-0.1, -0.05) is 19.1 Å². The van der Waals surface area contributed by atoms with E-state index in [4.69, 9.17) is 4.74 Å². The third kappa shape index (κ3) is 4.89. The molecule has 0 bridgehead atoms. The Morgan fingerprint density at radius 3 is 2.46 bits per heavy atom. The van der Waals surface area contributed by atoms with Crippen molar-refractivity contribution in [2.24, 2.45) is 0 Å². The van der Waals surface area contributed by atoms with Crippen molar-refractivity contribution in [2.45, 2.75) is 40.3 Å². The molecule has 0 aliphatic carbocycles. The molecule has 0 fully saturated rings. The highest BCUT2D eigenvalue weighted by Gasteiger charge is 2.14. The minimum atomic E-state index is -0.681. The van der Waals surface area contributed by atoms with Gasteiger partial charge in [0.2, 0.25) is 0 Å². The molecule has 0 N–H and O–H groups in total. The highest BCUT2D eigenvalue weighted by Crippen LogP contribution is 2.19. The minimum absolute atomic E-state index is 0.00810. The van der Waals surface area contributed by atoms with Crippen molar-refractivity contribution in [3.05, 3.63) is 64.0 Å². The maximum atomic E-state index is 12.3.